The Labute approximate surface area is 119 Å². The zero-order valence-corrected chi connectivity index (χ0v) is 11.7. The lowest BCUT2D eigenvalue weighted by Crippen LogP contribution is -2.42. The molecule has 1 aromatic carbocycles. The van der Waals surface area contributed by atoms with Gasteiger partial charge in [0.05, 0.1) is 0 Å². The van der Waals surface area contributed by atoms with Gasteiger partial charge in [0.2, 0.25) is 5.91 Å². The van der Waals surface area contributed by atoms with E-state index >= 15 is 0 Å². The second-order valence-electron chi connectivity index (χ2n) is 5.10. The molecule has 1 fully saturated rings. The molecule has 1 heterocycles. The van der Waals surface area contributed by atoms with Crippen molar-refractivity contribution in [2.24, 2.45) is 10.9 Å². The third kappa shape index (κ3) is 2.76. The van der Waals surface area contributed by atoms with Crippen LogP contribution >= 0.6 is 0 Å². The summed E-state index contributed by atoms with van der Waals surface area (Å²) in [6, 6.07) is 9.50. The third-order valence-corrected chi connectivity index (χ3v) is 3.92. The van der Waals surface area contributed by atoms with E-state index in [4.69, 9.17) is 10.9 Å². The number of nitrogens with two attached hydrogens (primary N) is 1. The molecule has 0 aliphatic carbocycles. The Hall–Kier alpha value is -2.04. The number of oxime groups is 1. The van der Waals surface area contributed by atoms with Gasteiger partial charge in [-0.25, -0.2) is 0 Å². The Morgan fingerprint density at radius 3 is 2.80 bits per heavy atom. The van der Waals surface area contributed by atoms with E-state index < -0.39 is 5.92 Å². The average Bonchev–Trinajstić information content (AvgIpc) is 2.96. The summed E-state index contributed by atoms with van der Waals surface area (Å²) in [6.07, 6.45) is 2.98. The van der Waals surface area contributed by atoms with Crippen LogP contribution in [0.2, 0.25) is 0 Å². The third-order valence-electron chi connectivity index (χ3n) is 3.92. The molecule has 0 aromatic heterocycles. The van der Waals surface area contributed by atoms with Gasteiger partial charge in [0.1, 0.15) is 5.92 Å². The van der Waals surface area contributed by atoms with Gasteiger partial charge in [0, 0.05) is 12.6 Å². The summed E-state index contributed by atoms with van der Waals surface area (Å²) in [7, 11) is 0. The van der Waals surface area contributed by atoms with E-state index in [-0.39, 0.29) is 17.8 Å². The lowest BCUT2D eigenvalue weighted by atomic mass is 9.96. The summed E-state index contributed by atoms with van der Waals surface area (Å²) in [5, 5.41) is 12.0. The molecular weight excluding hydrogens is 254 g/mol. The number of benzene rings is 1. The zero-order chi connectivity index (χ0) is 14.5. The first-order valence-electron chi connectivity index (χ1n) is 7.01. The van der Waals surface area contributed by atoms with Crippen molar-refractivity contribution in [1.29, 1.82) is 0 Å². The molecule has 1 aliphatic heterocycles. The van der Waals surface area contributed by atoms with Crippen molar-refractivity contribution in [2.45, 2.75) is 38.1 Å². The van der Waals surface area contributed by atoms with E-state index in [2.05, 4.69) is 12.1 Å². The Balaban J connectivity index is 2.30. The van der Waals surface area contributed by atoms with Crippen molar-refractivity contribution in [2.75, 3.05) is 6.54 Å². The van der Waals surface area contributed by atoms with Crippen molar-refractivity contribution in [3.63, 3.8) is 0 Å². The van der Waals surface area contributed by atoms with Gasteiger partial charge >= 0.3 is 0 Å². The molecule has 1 aromatic rings. The molecule has 0 radical (unpaired) electrons. The summed E-state index contributed by atoms with van der Waals surface area (Å²) >= 11 is 0. The molecule has 20 heavy (non-hydrogen) atoms. The van der Waals surface area contributed by atoms with Crippen LogP contribution < -0.4 is 5.73 Å². The molecule has 2 rings (SSSR count). The molecule has 5 heteroatoms. The molecule has 108 valence electrons. The molecule has 2 unspecified atom stereocenters. The minimum atomic E-state index is -0.701. The van der Waals surface area contributed by atoms with Crippen LogP contribution in [0.1, 0.15) is 37.7 Å². The van der Waals surface area contributed by atoms with Gasteiger partial charge in [-0.15, -0.1) is 0 Å². The van der Waals surface area contributed by atoms with Crippen molar-refractivity contribution in [1.82, 2.24) is 4.90 Å². The fourth-order valence-corrected chi connectivity index (χ4v) is 2.86. The van der Waals surface area contributed by atoms with Crippen LogP contribution in [0, 0.1) is 0 Å². The highest BCUT2D eigenvalue weighted by atomic mass is 16.4. The minimum absolute atomic E-state index is 0.0528. The van der Waals surface area contributed by atoms with E-state index in [1.165, 1.54) is 0 Å². The van der Waals surface area contributed by atoms with Crippen molar-refractivity contribution in [3.05, 3.63) is 35.9 Å². The monoisotopic (exact) mass is 275 g/mol. The van der Waals surface area contributed by atoms with Crippen LogP contribution in [0.4, 0.5) is 0 Å². The molecule has 3 N–H and O–H groups in total. The Morgan fingerprint density at radius 1 is 1.50 bits per heavy atom. The smallest absolute Gasteiger partial charge is 0.238 e. The summed E-state index contributed by atoms with van der Waals surface area (Å²) in [5.74, 6) is -0.827. The molecule has 2 atom stereocenters. The number of amides is 1. The van der Waals surface area contributed by atoms with Crippen molar-refractivity contribution in [3.8, 4) is 0 Å². The van der Waals surface area contributed by atoms with Crippen LogP contribution in [0.15, 0.2) is 35.5 Å². The van der Waals surface area contributed by atoms with Gasteiger partial charge in [-0.05, 0) is 24.8 Å². The van der Waals surface area contributed by atoms with E-state index in [0.29, 0.717) is 0 Å². The quantitative estimate of drug-likeness (QED) is 0.381. The van der Waals surface area contributed by atoms with E-state index in [1.54, 1.807) is 0 Å². The van der Waals surface area contributed by atoms with Crippen molar-refractivity contribution >= 4 is 11.7 Å². The molecule has 0 bridgehead atoms. The van der Waals surface area contributed by atoms with E-state index in [9.17, 15) is 4.79 Å². The van der Waals surface area contributed by atoms with Gasteiger partial charge < -0.3 is 15.8 Å². The maximum atomic E-state index is 12.8. The molecule has 1 aliphatic rings. The first-order valence-corrected chi connectivity index (χ1v) is 7.01. The van der Waals surface area contributed by atoms with Crippen molar-refractivity contribution < 1.29 is 10.0 Å². The molecule has 1 saturated heterocycles. The van der Waals surface area contributed by atoms with Crippen LogP contribution in [0.3, 0.4) is 0 Å². The lowest BCUT2D eigenvalue weighted by Gasteiger charge is -2.28. The number of hydrogen-bond acceptors (Lipinski definition) is 3. The van der Waals surface area contributed by atoms with Gasteiger partial charge in [0.25, 0.3) is 0 Å². The normalized spacial score (nSPS) is 20.9. The van der Waals surface area contributed by atoms with Crippen LogP contribution in [-0.2, 0) is 4.79 Å². The number of carbonyl (C=O) groups is 1. The maximum Gasteiger partial charge on any atom is 0.238 e. The second kappa shape index (κ2) is 6.41. The lowest BCUT2D eigenvalue weighted by molar-refractivity contribution is -0.132. The van der Waals surface area contributed by atoms with Gasteiger partial charge in [-0.3, -0.25) is 4.79 Å². The number of likely N-dealkylation sites (tertiary alicyclic amines) is 1. The van der Waals surface area contributed by atoms with Crippen LogP contribution in [-0.4, -0.2) is 34.4 Å². The number of hydrogen-bond donors (Lipinski definition) is 2. The summed E-state index contributed by atoms with van der Waals surface area (Å²) < 4.78 is 0. The van der Waals surface area contributed by atoms with Gasteiger partial charge in [-0.1, -0.05) is 42.4 Å². The second-order valence-corrected chi connectivity index (χ2v) is 5.10. The first kappa shape index (κ1) is 14.4. The fourth-order valence-electron chi connectivity index (χ4n) is 2.86. The minimum Gasteiger partial charge on any atom is -0.409 e. The summed E-state index contributed by atoms with van der Waals surface area (Å²) in [5.41, 5.74) is 6.52. The largest absolute Gasteiger partial charge is 0.409 e. The predicted molar refractivity (Wildman–Crippen MR) is 77.6 cm³/mol. The fraction of sp³-hybridized carbons (Fsp3) is 0.467. The van der Waals surface area contributed by atoms with Crippen LogP contribution in [0.5, 0.6) is 0 Å². The van der Waals surface area contributed by atoms with Crippen LogP contribution in [0.25, 0.3) is 0 Å². The predicted octanol–water partition coefficient (Wildman–Crippen LogP) is 1.92. The number of carbonyl (C=O) groups excluding carboxylic acids is 1. The molecule has 0 saturated carbocycles. The molecule has 5 nitrogen and oxygen atoms in total. The summed E-state index contributed by atoms with van der Waals surface area (Å²) in [6.45, 7) is 2.83. The maximum absolute atomic E-state index is 12.8. The number of nitrogens with zero attached hydrogens (tertiary/aromatic N) is 2. The molecule has 1 amide bonds. The average molecular weight is 275 g/mol. The highest BCUT2D eigenvalue weighted by molar-refractivity contribution is 6.07. The zero-order valence-electron chi connectivity index (χ0n) is 11.7. The Morgan fingerprint density at radius 2 is 2.20 bits per heavy atom. The SMILES string of the molecule is CCC1CCCN1C(=O)C(C(N)=NO)c1ccccc1. The van der Waals surface area contributed by atoms with E-state index in [1.807, 2.05) is 35.2 Å². The van der Waals surface area contributed by atoms with Gasteiger partial charge in [-0.2, -0.15) is 0 Å². The highest BCUT2D eigenvalue weighted by Crippen LogP contribution is 2.26. The number of amidine groups is 1. The highest BCUT2D eigenvalue weighted by Gasteiger charge is 2.35. The Kier molecular flexibility index (Phi) is 4.61. The van der Waals surface area contributed by atoms with E-state index in [0.717, 1.165) is 31.4 Å². The standard InChI is InChI=1S/C15H21N3O2/c1-2-12-9-6-10-18(12)15(19)13(14(16)17-20)11-7-4-3-5-8-11/h3-5,7-8,12-13,20H,2,6,9-10H2,1H3,(H2,16,17). The summed E-state index contributed by atoms with van der Waals surface area (Å²) in [4.78, 5) is 14.6. The number of rotatable bonds is 4. The molecule has 0 spiro atoms. The Bertz CT molecular complexity index is 487. The van der Waals surface area contributed by atoms with Gasteiger partial charge in [0.15, 0.2) is 5.84 Å². The topological polar surface area (TPSA) is 78.9 Å². The first-order chi connectivity index (χ1) is 9.69. The molecular formula is C15H21N3O2.